The van der Waals surface area contributed by atoms with Crippen LogP contribution in [0.4, 0.5) is 10.2 Å². The summed E-state index contributed by atoms with van der Waals surface area (Å²) in [5.41, 5.74) is -1.43. The quantitative estimate of drug-likeness (QED) is 0.638. The lowest BCUT2D eigenvalue weighted by Crippen LogP contribution is -2.34. The molecule has 3 rings (SSSR count). The summed E-state index contributed by atoms with van der Waals surface area (Å²) in [6, 6.07) is 10.2. The van der Waals surface area contributed by atoms with E-state index in [1.165, 1.54) is 10.7 Å². The predicted octanol–water partition coefficient (Wildman–Crippen LogP) is 1.13. The summed E-state index contributed by atoms with van der Waals surface area (Å²) < 4.78 is 16.2. The molecule has 1 amide bonds. The highest BCUT2D eigenvalue weighted by Crippen LogP contribution is 2.19. The molecule has 2 N–H and O–H groups in total. The number of carbonyl (C=O) groups is 1. The second kappa shape index (κ2) is 7.38. The zero-order chi connectivity index (χ0) is 19.6. The van der Waals surface area contributed by atoms with Gasteiger partial charge in [-0.2, -0.15) is 14.8 Å². The molecule has 0 aliphatic carbocycles. The van der Waals surface area contributed by atoms with E-state index in [0.717, 1.165) is 9.04 Å². The standard InChI is InChI=1S/C16H10BrFN6O3/c17-9-1-3-11(4-2-9)24-13(5-10(6-19)22-24)20-14(25)8-23-7-12(18)15(26)21-16(23)27/h1-5,7H,8H2,(H,20,25)(H,21,26,27). The van der Waals surface area contributed by atoms with Crippen LogP contribution in [-0.2, 0) is 11.3 Å². The lowest BCUT2D eigenvalue weighted by molar-refractivity contribution is -0.116. The van der Waals surface area contributed by atoms with E-state index in [1.54, 1.807) is 29.2 Å². The Morgan fingerprint density at radius 1 is 1.33 bits per heavy atom. The molecule has 0 radical (unpaired) electrons. The van der Waals surface area contributed by atoms with Gasteiger partial charge in [-0.15, -0.1) is 0 Å². The van der Waals surface area contributed by atoms with Crippen LogP contribution in [0.2, 0.25) is 0 Å². The smallest absolute Gasteiger partial charge is 0.309 e. The summed E-state index contributed by atoms with van der Waals surface area (Å²) in [6.07, 6.45) is 0.646. The van der Waals surface area contributed by atoms with Crippen molar-refractivity contribution in [3.8, 4) is 11.8 Å². The number of nitrogens with zero attached hydrogens (tertiary/aromatic N) is 4. The number of nitriles is 1. The Morgan fingerprint density at radius 3 is 2.70 bits per heavy atom. The maximum Gasteiger partial charge on any atom is 0.328 e. The minimum atomic E-state index is -1.19. The largest absolute Gasteiger partial charge is 0.328 e. The minimum absolute atomic E-state index is 0.0699. The first-order chi connectivity index (χ1) is 12.9. The molecule has 0 unspecified atom stereocenters. The van der Waals surface area contributed by atoms with Crippen molar-refractivity contribution >= 4 is 27.7 Å². The van der Waals surface area contributed by atoms with Crippen LogP contribution in [0.1, 0.15) is 5.69 Å². The maximum absolute atomic E-state index is 13.3. The van der Waals surface area contributed by atoms with Crippen molar-refractivity contribution in [1.82, 2.24) is 19.3 Å². The van der Waals surface area contributed by atoms with Gasteiger partial charge in [-0.05, 0) is 24.3 Å². The first kappa shape index (κ1) is 18.3. The molecule has 0 saturated carbocycles. The molecular weight excluding hydrogens is 423 g/mol. The van der Waals surface area contributed by atoms with Crippen molar-refractivity contribution in [2.75, 3.05) is 5.32 Å². The fourth-order valence-corrected chi connectivity index (χ4v) is 2.51. The summed E-state index contributed by atoms with van der Waals surface area (Å²) in [4.78, 5) is 36.7. The molecule has 0 fully saturated rings. The van der Waals surface area contributed by atoms with E-state index in [1.807, 2.05) is 6.07 Å². The van der Waals surface area contributed by atoms with Crippen LogP contribution in [0, 0.1) is 17.1 Å². The minimum Gasteiger partial charge on any atom is -0.309 e. The first-order valence-electron chi connectivity index (χ1n) is 7.42. The molecule has 0 aliphatic rings. The molecule has 0 atom stereocenters. The van der Waals surface area contributed by atoms with Gasteiger partial charge in [-0.25, -0.2) is 9.48 Å². The number of aromatic amines is 1. The lowest BCUT2D eigenvalue weighted by atomic mass is 10.3. The van der Waals surface area contributed by atoms with Crippen LogP contribution in [0.5, 0.6) is 0 Å². The van der Waals surface area contributed by atoms with E-state index >= 15 is 0 Å². The molecule has 0 saturated heterocycles. The van der Waals surface area contributed by atoms with E-state index in [4.69, 9.17) is 5.26 Å². The first-order valence-corrected chi connectivity index (χ1v) is 8.22. The molecule has 27 heavy (non-hydrogen) atoms. The summed E-state index contributed by atoms with van der Waals surface area (Å²) in [5, 5.41) is 15.7. The van der Waals surface area contributed by atoms with Crippen LogP contribution < -0.4 is 16.6 Å². The van der Waals surface area contributed by atoms with Gasteiger partial charge in [0.25, 0.3) is 5.56 Å². The molecule has 9 nitrogen and oxygen atoms in total. The third kappa shape index (κ3) is 4.01. The normalized spacial score (nSPS) is 10.4. The second-order valence-corrected chi connectivity index (χ2v) is 6.24. The van der Waals surface area contributed by atoms with Crippen molar-refractivity contribution in [3.63, 3.8) is 0 Å². The Hall–Kier alpha value is -3.52. The number of nitrogens with one attached hydrogen (secondary N) is 2. The van der Waals surface area contributed by atoms with Gasteiger partial charge < -0.3 is 5.32 Å². The number of hydrogen-bond acceptors (Lipinski definition) is 5. The number of anilines is 1. The van der Waals surface area contributed by atoms with Gasteiger partial charge >= 0.3 is 5.69 Å². The number of halogens is 2. The number of H-pyrrole nitrogens is 1. The fourth-order valence-electron chi connectivity index (χ4n) is 2.24. The van der Waals surface area contributed by atoms with Crippen LogP contribution in [0.3, 0.4) is 0 Å². The van der Waals surface area contributed by atoms with Gasteiger partial charge in [0.15, 0.2) is 5.69 Å². The van der Waals surface area contributed by atoms with Crippen LogP contribution >= 0.6 is 15.9 Å². The third-order valence-corrected chi connectivity index (χ3v) is 3.97. The Balaban J connectivity index is 1.88. The number of benzene rings is 1. The molecule has 0 bridgehead atoms. The molecule has 2 aromatic heterocycles. The van der Waals surface area contributed by atoms with Crippen molar-refractivity contribution < 1.29 is 9.18 Å². The summed E-state index contributed by atoms with van der Waals surface area (Å²) in [5.74, 6) is -1.67. The van der Waals surface area contributed by atoms with Crippen LogP contribution in [-0.4, -0.2) is 25.2 Å². The fraction of sp³-hybridized carbons (Fsp3) is 0.0625. The number of amides is 1. The average Bonchev–Trinajstić information content (AvgIpc) is 3.03. The van der Waals surface area contributed by atoms with Crippen molar-refractivity contribution in [2.45, 2.75) is 6.54 Å². The van der Waals surface area contributed by atoms with Crippen molar-refractivity contribution in [1.29, 1.82) is 5.26 Å². The Kier molecular flexibility index (Phi) is 5.00. The predicted molar refractivity (Wildman–Crippen MR) is 95.9 cm³/mol. The summed E-state index contributed by atoms with van der Waals surface area (Å²) in [7, 11) is 0. The maximum atomic E-state index is 13.3. The van der Waals surface area contributed by atoms with Gasteiger partial charge in [0.05, 0.1) is 11.9 Å². The van der Waals surface area contributed by atoms with Crippen LogP contribution in [0.15, 0.2) is 50.6 Å². The molecule has 136 valence electrons. The highest BCUT2D eigenvalue weighted by atomic mass is 79.9. The Labute approximate surface area is 158 Å². The van der Waals surface area contributed by atoms with E-state index in [2.05, 4.69) is 26.3 Å². The average molecular weight is 433 g/mol. The van der Waals surface area contributed by atoms with Gasteiger partial charge in [-0.1, -0.05) is 15.9 Å². The second-order valence-electron chi connectivity index (χ2n) is 5.33. The number of carbonyl (C=O) groups excluding carboxylic acids is 1. The van der Waals surface area contributed by atoms with Gasteiger partial charge in [-0.3, -0.25) is 19.1 Å². The topological polar surface area (TPSA) is 126 Å². The number of rotatable bonds is 4. The molecule has 2 heterocycles. The SMILES string of the molecule is N#Cc1cc(NC(=O)Cn2cc(F)c(=O)[nH]c2=O)n(-c2ccc(Br)cc2)n1. The lowest BCUT2D eigenvalue weighted by Gasteiger charge is -2.10. The molecule has 0 spiro atoms. The summed E-state index contributed by atoms with van der Waals surface area (Å²) in [6.45, 7) is -0.542. The van der Waals surface area contributed by atoms with E-state index in [-0.39, 0.29) is 11.5 Å². The molecule has 11 heteroatoms. The van der Waals surface area contributed by atoms with Gasteiger partial charge in [0, 0.05) is 10.5 Å². The monoisotopic (exact) mass is 432 g/mol. The molecule has 1 aromatic carbocycles. The summed E-state index contributed by atoms with van der Waals surface area (Å²) >= 11 is 3.31. The van der Waals surface area contributed by atoms with Gasteiger partial charge in [0.1, 0.15) is 18.4 Å². The van der Waals surface area contributed by atoms with Crippen molar-refractivity contribution in [3.05, 3.63) is 73.4 Å². The number of hydrogen-bond donors (Lipinski definition) is 2. The van der Waals surface area contributed by atoms with Crippen molar-refractivity contribution in [2.24, 2.45) is 0 Å². The molecule has 0 aliphatic heterocycles. The highest BCUT2D eigenvalue weighted by Gasteiger charge is 2.14. The van der Waals surface area contributed by atoms with E-state index in [0.29, 0.717) is 11.9 Å². The molecule has 3 aromatic rings. The zero-order valence-corrected chi connectivity index (χ0v) is 15.0. The van der Waals surface area contributed by atoms with E-state index in [9.17, 15) is 18.8 Å². The Morgan fingerprint density at radius 2 is 2.04 bits per heavy atom. The van der Waals surface area contributed by atoms with E-state index < -0.39 is 29.5 Å². The third-order valence-electron chi connectivity index (χ3n) is 3.44. The molecular formula is C16H10BrFN6O3. The Bertz CT molecular complexity index is 1170. The van der Waals surface area contributed by atoms with Gasteiger partial charge in [0.2, 0.25) is 11.7 Å². The van der Waals surface area contributed by atoms with Crippen LogP contribution in [0.25, 0.3) is 5.69 Å². The number of aromatic nitrogens is 4. The highest BCUT2D eigenvalue weighted by molar-refractivity contribution is 9.10. The zero-order valence-electron chi connectivity index (χ0n) is 13.4.